The Kier molecular flexibility index (Phi) is 6.84. The van der Waals surface area contributed by atoms with E-state index in [0.717, 1.165) is 12.8 Å². The van der Waals surface area contributed by atoms with Gasteiger partial charge in [-0.25, -0.2) is 0 Å². The van der Waals surface area contributed by atoms with Gasteiger partial charge >= 0.3 is 0 Å². The Labute approximate surface area is 116 Å². The quantitative estimate of drug-likeness (QED) is 0.628. The second kappa shape index (κ2) is 8.15. The number of hydrogen-bond donors (Lipinski definition) is 2. The van der Waals surface area contributed by atoms with E-state index < -0.39 is 5.54 Å². The third kappa shape index (κ3) is 5.19. The van der Waals surface area contributed by atoms with Crippen LogP contribution in [0.25, 0.3) is 0 Å². The molecule has 1 rings (SSSR count). The van der Waals surface area contributed by atoms with Gasteiger partial charge in [0.05, 0.1) is 13.2 Å². The lowest BCUT2D eigenvalue weighted by atomic mass is 9.94. The number of amides is 1. The highest BCUT2D eigenvalue weighted by Gasteiger charge is 2.39. The van der Waals surface area contributed by atoms with Crippen molar-refractivity contribution in [3.05, 3.63) is 0 Å². The van der Waals surface area contributed by atoms with Gasteiger partial charge in [-0.1, -0.05) is 39.0 Å². The van der Waals surface area contributed by atoms with Crippen molar-refractivity contribution in [2.75, 3.05) is 20.3 Å². The molecular weight excluding hydrogens is 242 g/mol. The summed E-state index contributed by atoms with van der Waals surface area (Å²) in [6, 6.07) is 0. The molecule has 0 bridgehead atoms. The number of methoxy groups -OCH3 is 1. The van der Waals surface area contributed by atoms with E-state index in [2.05, 4.69) is 22.5 Å². The fourth-order valence-electron chi connectivity index (χ4n) is 2.18. The summed E-state index contributed by atoms with van der Waals surface area (Å²) in [5.41, 5.74) is -0.502. The highest BCUT2D eigenvalue weighted by Crippen LogP contribution is 2.19. The molecule has 0 aromatic carbocycles. The number of hydrogen-bond acceptors (Lipinski definition) is 3. The van der Waals surface area contributed by atoms with E-state index in [-0.39, 0.29) is 5.91 Å². The predicted octanol–water partition coefficient (Wildman–Crippen LogP) is 1.83. The van der Waals surface area contributed by atoms with Gasteiger partial charge in [0.15, 0.2) is 5.96 Å². The third-order valence-corrected chi connectivity index (χ3v) is 3.47. The summed E-state index contributed by atoms with van der Waals surface area (Å²) in [4.78, 5) is 16.2. The molecule has 1 heterocycles. The third-order valence-electron chi connectivity index (χ3n) is 3.47. The largest absolute Gasteiger partial charge is 0.383 e. The van der Waals surface area contributed by atoms with Crippen LogP contribution in [-0.2, 0) is 9.53 Å². The number of guanidine groups is 1. The predicted molar refractivity (Wildman–Crippen MR) is 77.2 cm³/mol. The molecule has 1 atom stereocenters. The van der Waals surface area contributed by atoms with Crippen LogP contribution in [-0.4, -0.2) is 37.7 Å². The van der Waals surface area contributed by atoms with E-state index in [1.165, 1.54) is 25.7 Å². The second-order valence-corrected chi connectivity index (χ2v) is 5.30. The van der Waals surface area contributed by atoms with Crippen LogP contribution in [0.2, 0.25) is 0 Å². The van der Waals surface area contributed by atoms with Gasteiger partial charge in [0.1, 0.15) is 5.54 Å². The first-order valence-electron chi connectivity index (χ1n) is 7.25. The van der Waals surface area contributed by atoms with Gasteiger partial charge < -0.3 is 10.1 Å². The number of rotatable bonds is 9. The maximum atomic E-state index is 12.0. The zero-order valence-electron chi connectivity index (χ0n) is 12.4. The molecule has 19 heavy (non-hydrogen) atoms. The number of ether oxygens (including phenoxy) is 1. The number of nitrogens with one attached hydrogen (secondary N) is 2. The van der Waals surface area contributed by atoms with Crippen LogP contribution in [0, 0.1) is 0 Å². The molecule has 0 aliphatic carbocycles. The molecular formula is C14H27N3O2. The van der Waals surface area contributed by atoms with Crippen LogP contribution in [0.15, 0.2) is 4.99 Å². The topological polar surface area (TPSA) is 62.7 Å². The van der Waals surface area contributed by atoms with E-state index in [0.29, 0.717) is 19.1 Å². The molecule has 1 fully saturated rings. The molecule has 2 N–H and O–H groups in total. The summed E-state index contributed by atoms with van der Waals surface area (Å²) in [5.74, 6) is 0.609. The highest BCUT2D eigenvalue weighted by molar-refractivity contribution is 6.08. The molecule has 1 aliphatic rings. The Balaban J connectivity index is 2.35. The van der Waals surface area contributed by atoms with E-state index in [4.69, 9.17) is 4.74 Å². The fourth-order valence-corrected chi connectivity index (χ4v) is 2.18. The summed E-state index contributed by atoms with van der Waals surface area (Å²) in [6.45, 7) is 5.28. The van der Waals surface area contributed by atoms with E-state index in [9.17, 15) is 4.79 Å². The molecule has 5 nitrogen and oxygen atoms in total. The number of nitrogens with zero attached hydrogens (tertiary/aromatic N) is 1. The van der Waals surface area contributed by atoms with Gasteiger partial charge in [-0.3, -0.25) is 15.1 Å². The average molecular weight is 269 g/mol. The Morgan fingerprint density at radius 1 is 1.26 bits per heavy atom. The van der Waals surface area contributed by atoms with Gasteiger partial charge in [-0.05, 0) is 13.3 Å². The average Bonchev–Trinajstić information content (AvgIpc) is 2.65. The van der Waals surface area contributed by atoms with Gasteiger partial charge in [0.25, 0.3) is 5.91 Å². The lowest BCUT2D eigenvalue weighted by Crippen LogP contribution is -2.43. The molecule has 110 valence electrons. The van der Waals surface area contributed by atoms with E-state index in [1.807, 2.05) is 6.92 Å². The van der Waals surface area contributed by atoms with Crippen molar-refractivity contribution in [3.63, 3.8) is 0 Å². The van der Waals surface area contributed by atoms with Crippen molar-refractivity contribution in [1.29, 1.82) is 0 Å². The van der Waals surface area contributed by atoms with Gasteiger partial charge in [-0.15, -0.1) is 0 Å². The lowest BCUT2D eigenvalue weighted by Gasteiger charge is -2.20. The van der Waals surface area contributed by atoms with Crippen LogP contribution in [0.3, 0.4) is 0 Å². The zero-order valence-corrected chi connectivity index (χ0v) is 12.4. The summed E-state index contributed by atoms with van der Waals surface area (Å²) in [7, 11) is 1.64. The normalized spacial score (nSPS) is 24.6. The van der Waals surface area contributed by atoms with Gasteiger partial charge in [0.2, 0.25) is 0 Å². The summed E-state index contributed by atoms with van der Waals surface area (Å²) in [6.07, 6.45) is 6.89. The molecule has 5 heteroatoms. The van der Waals surface area contributed by atoms with E-state index >= 15 is 0 Å². The van der Waals surface area contributed by atoms with Crippen molar-refractivity contribution in [1.82, 2.24) is 10.6 Å². The first kappa shape index (κ1) is 16.0. The van der Waals surface area contributed by atoms with Crippen LogP contribution in [0.1, 0.15) is 52.4 Å². The van der Waals surface area contributed by atoms with Crippen molar-refractivity contribution < 1.29 is 9.53 Å². The molecule has 0 aromatic rings. The van der Waals surface area contributed by atoms with Crippen molar-refractivity contribution in [2.24, 2.45) is 4.99 Å². The highest BCUT2D eigenvalue weighted by atomic mass is 16.5. The standard InChI is InChI=1S/C14H27N3O2/c1-4-5-6-7-8-9-14(2)12(18)16-13(17-14)15-10-11-19-3/h4-11H2,1-3H3,(H2,15,16,17,18). The first-order chi connectivity index (χ1) is 9.12. The summed E-state index contributed by atoms with van der Waals surface area (Å²) >= 11 is 0. The van der Waals surface area contributed by atoms with Gasteiger partial charge in [0, 0.05) is 7.11 Å². The molecule has 1 aliphatic heterocycles. The molecule has 0 spiro atoms. The molecule has 1 saturated heterocycles. The number of aliphatic imine (C=N–C) groups is 1. The zero-order chi connectivity index (χ0) is 14.1. The van der Waals surface area contributed by atoms with Gasteiger partial charge in [-0.2, -0.15) is 0 Å². The SMILES string of the molecule is CCCCCCCC1(C)NC(=NCCOC)NC1=O. The minimum atomic E-state index is -0.502. The molecule has 0 aromatic heterocycles. The Hall–Kier alpha value is -1.10. The molecule has 0 radical (unpaired) electrons. The Bertz CT molecular complexity index is 318. The minimum Gasteiger partial charge on any atom is -0.383 e. The monoisotopic (exact) mass is 269 g/mol. The lowest BCUT2D eigenvalue weighted by molar-refractivity contribution is -0.123. The molecule has 0 saturated carbocycles. The second-order valence-electron chi connectivity index (χ2n) is 5.30. The van der Waals surface area contributed by atoms with Crippen LogP contribution in [0.5, 0.6) is 0 Å². The van der Waals surface area contributed by atoms with Crippen LogP contribution in [0.4, 0.5) is 0 Å². The Morgan fingerprint density at radius 2 is 2.00 bits per heavy atom. The maximum Gasteiger partial charge on any atom is 0.252 e. The number of unbranched alkanes of at least 4 members (excludes halogenated alkanes) is 4. The van der Waals surface area contributed by atoms with Crippen LogP contribution < -0.4 is 10.6 Å². The fraction of sp³-hybridized carbons (Fsp3) is 0.857. The van der Waals surface area contributed by atoms with Crippen molar-refractivity contribution >= 4 is 11.9 Å². The summed E-state index contributed by atoms with van der Waals surface area (Å²) in [5, 5.41) is 6.00. The minimum absolute atomic E-state index is 0.0270. The van der Waals surface area contributed by atoms with Crippen molar-refractivity contribution in [3.8, 4) is 0 Å². The number of carbonyl (C=O) groups is 1. The molecule has 1 amide bonds. The molecule has 1 unspecified atom stereocenters. The summed E-state index contributed by atoms with van der Waals surface area (Å²) < 4.78 is 4.94. The number of carbonyl (C=O) groups excluding carboxylic acids is 1. The van der Waals surface area contributed by atoms with Crippen LogP contribution >= 0.6 is 0 Å². The van der Waals surface area contributed by atoms with E-state index in [1.54, 1.807) is 7.11 Å². The first-order valence-corrected chi connectivity index (χ1v) is 7.25. The smallest absolute Gasteiger partial charge is 0.252 e. The Morgan fingerprint density at radius 3 is 2.68 bits per heavy atom. The van der Waals surface area contributed by atoms with Crippen molar-refractivity contribution in [2.45, 2.75) is 57.9 Å². The maximum absolute atomic E-state index is 12.0.